The quantitative estimate of drug-likeness (QED) is 0.380. The third kappa shape index (κ3) is 4.24. The van der Waals surface area contributed by atoms with E-state index in [4.69, 9.17) is 14.8 Å². The van der Waals surface area contributed by atoms with Crippen LogP contribution < -0.4 is 5.32 Å². The van der Waals surface area contributed by atoms with Crippen molar-refractivity contribution in [2.75, 3.05) is 26.2 Å². The van der Waals surface area contributed by atoms with E-state index in [-0.39, 0.29) is 18.1 Å². The second kappa shape index (κ2) is 9.88. The molecule has 0 bridgehead atoms. The third-order valence-electron chi connectivity index (χ3n) is 8.93. The first-order chi connectivity index (χ1) is 19.1. The molecular weight excluding hydrogens is 486 g/mol. The van der Waals surface area contributed by atoms with E-state index in [1.165, 1.54) is 22.4 Å². The largest absolute Gasteiger partial charge is 0.373 e. The average Bonchev–Trinajstić information content (AvgIpc) is 3.66. The Hall–Kier alpha value is -3.55. The lowest BCUT2D eigenvalue weighted by atomic mass is 9.86. The molecule has 2 aromatic heterocycles. The number of nitrogens with one attached hydrogen (secondary N) is 1. The lowest BCUT2D eigenvalue weighted by molar-refractivity contribution is -0.119. The Morgan fingerprint density at radius 2 is 1.79 bits per heavy atom. The van der Waals surface area contributed by atoms with Gasteiger partial charge in [0.05, 0.1) is 18.0 Å². The van der Waals surface area contributed by atoms with Gasteiger partial charge in [-0.15, -0.1) is 0 Å². The molecule has 4 heterocycles. The third-order valence-corrected chi connectivity index (χ3v) is 8.93. The van der Waals surface area contributed by atoms with Crippen LogP contribution in [0.2, 0.25) is 0 Å². The molecule has 1 N–H and O–H groups in total. The van der Waals surface area contributed by atoms with Gasteiger partial charge in [0.2, 0.25) is 5.91 Å². The number of benzene rings is 2. The summed E-state index contributed by atoms with van der Waals surface area (Å²) in [6, 6.07) is 19.4. The number of aryl methyl sites for hydroxylation is 1. The SMILES string of the molecule is CCOC1c2c(nc3c(-c4ccc(-c5ccccc5)cc4)cnn3c2C)C2CCN(C[C@H]3CCC(=O)N3)CC21. The molecular formula is C32H35N5O2. The Morgan fingerprint density at radius 3 is 2.54 bits per heavy atom. The van der Waals surface area contributed by atoms with Gasteiger partial charge in [-0.25, -0.2) is 9.50 Å². The van der Waals surface area contributed by atoms with Gasteiger partial charge in [0, 0.05) is 60.8 Å². The number of fused-ring (bicyclic) bond motifs is 4. The van der Waals surface area contributed by atoms with Crippen LogP contribution in [0.1, 0.15) is 55.2 Å². The molecule has 2 aliphatic heterocycles. The number of hydrogen-bond acceptors (Lipinski definition) is 5. The Labute approximate surface area is 229 Å². The Bertz CT molecular complexity index is 1510. The van der Waals surface area contributed by atoms with E-state index in [9.17, 15) is 4.79 Å². The fraction of sp³-hybridized carbons (Fsp3) is 0.406. The molecule has 4 atom stereocenters. The van der Waals surface area contributed by atoms with Gasteiger partial charge in [0.1, 0.15) is 0 Å². The van der Waals surface area contributed by atoms with Crippen molar-refractivity contribution in [3.05, 3.63) is 77.7 Å². The maximum absolute atomic E-state index is 11.7. The van der Waals surface area contributed by atoms with Crippen molar-refractivity contribution in [1.82, 2.24) is 24.8 Å². The zero-order valence-corrected chi connectivity index (χ0v) is 22.6. The normalized spacial score (nSPS) is 24.6. The summed E-state index contributed by atoms with van der Waals surface area (Å²) in [5.74, 6) is 0.916. The number of carbonyl (C=O) groups is 1. The van der Waals surface area contributed by atoms with Crippen LogP contribution in [0.25, 0.3) is 27.9 Å². The van der Waals surface area contributed by atoms with E-state index < -0.39 is 0 Å². The van der Waals surface area contributed by atoms with E-state index in [2.05, 4.69) is 72.6 Å². The summed E-state index contributed by atoms with van der Waals surface area (Å²) in [6.45, 7) is 7.81. The number of hydrogen-bond donors (Lipinski definition) is 1. The van der Waals surface area contributed by atoms with Gasteiger partial charge in [-0.05, 0) is 49.9 Å². The van der Waals surface area contributed by atoms with E-state index in [1.54, 1.807) is 0 Å². The number of ether oxygens (including phenoxy) is 1. The van der Waals surface area contributed by atoms with Crippen LogP contribution in [0, 0.1) is 12.8 Å². The zero-order chi connectivity index (χ0) is 26.5. The molecule has 2 aromatic carbocycles. The second-order valence-electron chi connectivity index (χ2n) is 11.2. The first-order valence-electron chi connectivity index (χ1n) is 14.3. The molecule has 7 heteroatoms. The molecule has 1 aliphatic carbocycles. The zero-order valence-electron chi connectivity index (χ0n) is 22.6. The van der Waals surface area contributed by atoms with Gasteiger partial charge >= 0.3 is 0 Å². The molecule has 3 aliphatic rings. The number of carbonyl (C=O) groups excluding carboxylic acids is 1. The summed E-state index contributed by atoms with van der Waals surface area (Å²) in [6.07, 6.45) is 4.61. The highest BCUT2D eigenvalue weighted by Crippen LogP contribution is 2.51. The molecule has 2 saturated heterocycles. The molecule has 3 unspecified atom stereocenters. The van der Waals surface area contributed by atoms with Gasteiger partial charge in [-0.1, -0.05) is 54.6 Å². The van der Waals surface area contributed by atoms with Crippen molar-refractivity contribution >= 4 is 11.6 Å². The number of piperidine rings is 1. The van der Waals surface area contributed by atoms with Crippen molar-refractivity contribution in [2.45, 2.75) is 51.2 Å². The smallest absolute Gasteiger partial charge is 0.220 e. The summed E-state index contributed by atoms with van der Waals surface area (Å²) < 4.78 is 8.44. The lowest BCUT2D eigenvalue weighted by Crippen LogP contribution is -2.45. The fourth-order valence-corrected chi connectivity index (χ4v) is 7.07. The molecule has 7 nitrogen and oxygen atoms in total. The van der Waals surface area contributed by atoms with Gasteiger partial charge in [-0.2, -0.15) is 5.10 Å². The Kier molecular flexibility index (Phi) is 6.21. The van der Waals surface area contributed by atoms with Gasteiger partial charge in [-0.3, -0.25) is 4.79 Å². The number of aromatic nitrogens is 3. The van der Waals surface area contributed by atoms with Crippen molar-refractivity contribution in [3.63, 3.8) is 0 Å². The topological polar surface area (TPSA) is 71.8 Å². The number of amides is 1. The number of nitrogens with zero attached hydrogens (tertiary/aromatic N) is 4. The minimum atomic E-state index is 0.0191. The van der Waals surface area contributed by atoms with Gasteiger partial charge in [0.25, 0.3) is 0 Å². The van der Waals surface area contributed by atoms with Crippen LogP contribution in [0.5, 0.6) is 0 Å². The lowest BCUT2D eigenvalue weighted by Gasteiger charge is -2.38. The molecule has 1 amide bonds. The van der Waals surface area contributed by atoms with Crippen LogP contribution in [-0.2, 0) is 9.53 Å². The van der Waals surface area contributed by atoms with Crippen molar-refractivity contribution in [1.29, 1.82) is 0 Å². The first kappa shape index (κ1) is 24.5. The van der Waals surface area contributed by atoms with E-state index >= 15 is 0 Å². The summed E-state index contributed by atoms with van der Waals surface area (Å²) in [5.41, 5.74) is 9.07. The fourth-order valence-electron chi connectivity index (χ4n) is 7.07. The molecule has 39 heavy (non-hydrogen) atoms. The van der Waals surface area contributed by atoms with Crippen LogP contribution in [0.4, 0.5) is 0 Å². The second-order valence-corrected chi connectivity index (χ2v) is 11.2. The predicted molar refractivity (Wildman–Crippen MR) is 151 cm³/mol. The van der Waals surface area contributed by atoms with E-state index in [1.807, 2.05) is 16.8 Å². The predicted octanol–water partition coefficient (Wildman–Crippen LogP) is 5.15. The summed E-state index contributed by atoms with van der Waals surface area (Å²) in [5, 5.41) is 7.94. The Balaban J connectivity index is 1.21. The molecule has 0 spiro atoms. The van der Waals surface area contributed by atoms with Crippen LogP contribution in [-0.4, -0.2) is 57.7 Å². The highest BCUT2D eigenvalue weighted by Gasteiger charge is 2.47. The standard InChI is InChI=1S/C32H35N5O2/c1-3-39-31-27-19-36(18-24-13-14-28(38)34-24)16-15-25(27)30-29(31)20(2)37-32(35-30)26(17-33-37)23-11-9-22(10-12-23)21-7-5-4-6-8-21/h4-12,17,24-25,27,31H,3,13-16,18-19H2,1-2H3,(H,34,38)/t24-,25?,27?,31?/m1/s1. The van der Waals surface area contributed by atoms with Crippen molar-refractivity contribution in [3.8, 4) is 22.3 Å². The summed E-state index contributed by atoms with van der Waals surface area (Å²) in [7, 11) is 0. The van der Waals surface area contributed by atoms with Crippen LogP contribution >= 0.6 is 0 Å². The molecule has 200 valence electrons. The molecule has 7 rings (SSSR count). The maximum atomic E-state index is 11.7. The Morgan fingerprint density at radius 1 is 1.03 bits per heavy atom. The highest BCUT2D eigenvalue weighted by atomic mass is 16.5. The molecule has 4 aromatic rings. The summed E-state index contributed by atoms with van der Waals surface area (Å²) in [4.78, 5) is 19.6. The van der Waals surface area contributed by atoms with E-state index in [0.717, 1.165) is 54.9 Å². The van der Waals surface area contributed by atoms with Gasteiger partial charge < -0.3 is 15.0 Å². The number of rotatable bonds is 6. The first-order valence-corrected chi connectivity index (χ1v) is 14.3. The minimum absolute atomic E-state index is 0.0191. The molecule has 0 radical (unpaired) electrons. The molecule has 2 fully saturated rings. The molecule has 0 saturated carbocycles. The van der Waals surface area contributed by atoms with Crippen LogP contribution in [0.3, 0.4) is 0 Å². The minimum Gasteiger partial charge on any atom is -0.373 e. The maximum Gasteiger partial charge on any atom is 0.220 e. The van der Waals surface area contributed by atoms with Crippen LogP contribution in [0.15, 0.2) is 60.8 Å². The average molecular weight is 522 g/mol. The highest BCUT2D eigenvalue weighted by molar-refractivity contribution is 5.80. The van der Waals surface area contributed by atoms with E-state index in [0.29, 0.717) is 24.9 Å². The summed E-state index contributed by atoms with van der Waals surface area (Å²) >= 11 is 0. The van der Waals surface area contributed by atoms with Gasteiger partial charge in [0.15, 0.2) is 5.65 Å². The van der Waals surface area contributed by atoms with Crippen molar-refractivity contribution < 1.29 is 9.53 Å². The monoisotopic (exact) mass is 521 g/mol. The van der Waals surface area contributed by atoms with Crippen molar-refractivity contribution in [2.24, 2.45) is 5.92 Å². The number of likely N-dealkylation sites (tertiary alicyclic amines) is 1.